The van der Waals surface area contributed by atoms with Crippen LogP contribution in [-0.4, -0.2) is 18.2 Å². The van der Waals surface area contributed by atoms with Gasteiger partial charge in [-0.2, -0.15) is 0 Å². The SMILES string of the molecule is COC(=Cc1ccccc1)C(=O)O.Cl. The largest absolute Gasteiger partial charge is 0.490 e. The Bertz CT molecular complexity index is 319. The Kier molecular flexibility index (Phi) is 5.41. The minimum absolute atomic E-state index is 0. The lowest BCUT2D eigenvalue weighted by Gasteiger charge is -1.99. The molecule has 0 radical (unpaired) electrons. The number of halogens is 1. The Hall–Kier alpha value is -1.48. The zero-order valence-corrected chi connectivity index (χ0v) is 8.45. The van der Waals surface area contributed by atoms with E-state index in [1.165, 1.54) is 13.2 Å². The molecule has 0 fully saturated rings. The maximum absolute atomic E-state index is 10.5. The normalized spacial score (nSPS) is 10.2. The maximum Gasteiger partial charge on any atom is 0.371 e. The summed E-state index contributed by atoms with van der Waals surface area (Å²) in [4.78, 5) is 10.5. The number of carbonyl (C=O) groups is 1. The molecule has 14 heavy (non-hydrogen) atoms. The smallest absolute Gasteiger partial charge is 0.371 e. The van der Waals surface area contributed by atoms with Crippen molar-refractivity contribution in [1.82, 2.24) is 0 Å². The highest BCUT2D eigenvalue weighted by Gasteiger charge is 2.05. The van der Waals surface area contributed by atoms with Crippen LogP contribution in [0.3, 0.4) is 0 Å². The van der Waals surface area contributed by atoms with Crippen LogP contribution < -0.4 is 0 Å². The number of aliphatic carboxylic acids is 1. The molecule has 0 spiro atoms. The molecule has 76 valence electrons. The van der Waals surface area contributed by atoms with E-state index in [-0.39, 0.29) is 18.2 Å². The summed E-state index contributed by atoms with van der Waals surface area (Å²) < 4.78 is 4.68. The Morgan fingerprint density at radius 2 is 1.93 bits per heavy atom. The van der Waals surface area contributed by atoms with Gasteiger partial charge >= 0.3 is 5.97 Å². The van der Waals surface area contributed by atoms with E-state index in [9.17, 15) is 4.79 Å². The van der Waals surface area contributed by atoms with Gasteiger partial charge in [-0.3, -0.25) is 0 Å². The van der Waals surface area contributed by atoms with Crippen LogP contribution in [0.25, 0.3) is 6.08 Å². The summed E-state index contributed by atoms with van der Waals surface area (Å²) in [6, 6.07) is 9.15. The average molecular weight is 215 g/mol. The van der Waals surface area contributed by atoms with Crippen molar-refractivity contribution in [2.24, 2.45) is 0 Å². The van der Waals surface area contributed by atoms with Gasteiger partial charge in [0.25, 0.3) is 0 Å². The number of rotatable bonds is 3. The van der Waals surface area contributed by atoms with Crippen LogP contribution in [0.5, 0.6) is 0 Å². The summed E-state index contributed by atoms with van der Waals surface area (Å²) >= 11 is 0. The number of carboxylic acid groups (broad SMARTS) is 1. The highest BCUT2D eigenvalue weighted by atomic mass is 35.5. The van der Waals surface area contributed by atoms with E-state index < -0.39 is 5.97 Å². The van der Waals surface area contributed by atoms with Crippen LogP contribution in [0.2, 0.25) is 0 Å². The molecule has 0 bridgehead atoms. The molecule has 0 amide bonds. The summed E-state index contributed by atoms with van der Waals surface area (Å²) in [5.74, 6) is -1.13. The first kappa shape index (κ1) is 12.5. The van der Waals surface area contributed by atoms with Crippen molar-refractivity contribution >= 4 is 24.5 Å². The molecule has 0 heterocycles. The summed E-state index contributed by atoms with van der Waals surface area (Å²) in [6.07, 6.45) is 1.47. The van der Waals surface area contributed by atoms with Crippen molar-refractivity contribution in [3.63, 3.8) is 0 Å². The van der Waals surface area contributed by atoms with Gasteiger partial charge in [0.2, 0.25) is 5.76 Å². The monoisotopic (exact) mass is 214 g/mol. The molecule has 1 aromatic rings. The fourth-order valence-corrected chi connectivity index (χ4v) is 0.909. The zero-order chi connectivity index (χ0) is 9.68. The Morgan fingerprint density at radius 3 is 2.36 bits per heavy atom. The number of hydrogen-bond acceptors (Lipinski definition) is 2. The standard InChI is InChI=1S/C10H10O3.ClH/c1-13-9(10(11)12)7-8-5-3-2-4-6-8;/h2-7H,1H3,(H,11,12);1H. The predicted octanol–water partition coefficient (Wildman–Crippen LogP) is 2.18. The molecule has 1 rings (SSSR count). The van der Waals surface area contributed by atoms with E-state index >= 15 is 0 Å². The Labute approximate surface area is 88.4 Å². The van der Waals surface area contributed by atoms with E-state index in [2.05, 4.69) is 4.74 Å². The Balaban J connectivity index is 0.00000169. The zero-order valence-electron chi connectivity index (χ0n) is 7.64. The van der Waals surface area contributed by atoms with E-state index in [0.29, 0.717) is 0 Å². The molecular formula is C10H11ClO3. The molecule has 1 N–H and O–H groups in total. The van der Waals surface area contributed by atoms with Crippen LogP contribution in [0.1, 0.15) is 5.56 Å². The van der Waals surface area contributed by atoms with Gasteiger partial charge in [-0.15, -0.1) is 12.4 Å². The van der Waals surface area contributed by atoms with Gasteiger partial charge < -0.3 is 9.84 Å². The third kappa shape index (κ3) is 3.49. The summed E-state index contributed by atoms with van der Waals surface area (Å²) in [6.45, 7) is 0. The van der Waals surface area contributed by atoms with Gasteiger partial charge in [0, 0.05) is 0 Å². The van der Waals surface area contributed by atoms with Gasteiger partial charge in [0.1, 0.15) is 0 Å². The molecule has 4 heteroatoms. The molecular weight excluding hydrogens is 204 g/mol. The second-order valence-electron chi connectivity index (χ2n) is 2.43. The van der Waals surface area contributed by atoms with Crippen LogP contribution >= 0.6 is 12.4 Å². The van der Waals surface area contributed by atoms with Crippen molar-refractivity contribution in [3.05, 3.63) is 41.7 Å². The molecule has 3 nitrogen and oxygen atoms in total. The van der Waals surface area contributed by atoms with Gasteiger partial charge in [0.05, 0.1) is 7.11 Å². The van der Waals surface area contributed by atoms with Crippen molar-refractivity contribution in [1.29, 1.82) is 0 Å². The number of methoxy groups -OCH3 is 1. The van der Waals surface area contributed by atoms with E-state index in [1.54, 1.807) is 0 Å². The van der Waals surface area contributed by atoms with Crippen molar-refractivity contribution in [2.75, 3.05) is 7.11 Å². The second-order valence-corrected chi connectivity index (χ2v) is 2.43. The van der Waals surface area contributed by atoms with Crippen molar-refractivity contribution < 1.29 is 14.6 Å². The molecule has 0 aliphatic heterocycles. The highest BCUT2D eigenvalue weighted by molar-refractivity contribution is 5.89. The van der Waals surface area contributed by atoms with E-state index in [4.69, 9.17) is 5.11 Å². The van der Waals surface area contributed by atoms with E-state index in [1.807, 2.05) is 30.3 Å². The van der Waals surface area contributed by atoms with Crippen LogP contribution in [0.4, 0.5) is 0 Å². The molecule has 0 saturated carbocycles. The summed E-state index contributed by atoms with van der Waals surface area (Å²) in [7, 11) is 1.34. The average Bonchev–Trinajstić information content (AvgIpc) is 2.15. The molecule has 1 aromatic carbocycles. The third-order valence-corrected chi connectivity index (χ3v) is 1.53. The van der Waals surface area contributed by atoms with Crippen molar-refractivity contribution in [2.45, 2.75) is 0 Å². The molecule has 0 saturated heterocycles. The number of benzene rings is 1. The maximum atomic E-state index is 10.5. The molecule has 0 unspecified atom stereocenters. The third-order valence-electron chi connectivity index (χ3n) is 1.53. The van der Waals surface area contributed by atoms with E-state index in [0.717, 1.165) is 5.56 Å². The summed E-state index contributed by atoms with van der Waals surface area (Å²) in [5.41, 5.74) is 0.807. The first-order valence-electron chi connectivity index (χ1n) is 3.78. The van der Waals surface area contributed by atoms with Gasteiger partial charge in [-0.25, -0.2) is 4.79 Å². The molecule has 0 atom stereocenters. The van der Waals surface area contributed by atoms with Gasteiger partial charge in [-0.05, 0) is 11.6 Å². The first-order chi connectivity index (χ1) is 6.24. The van der Waals surface area contributed by atoms with Crippen LogP contribution in [-0.2, 0) is 9.53 Å². The Morgan fingerprint density at radius 1 is 1.36 bits per heavy atom. The number of carboxylic acids is 1. The molecule has 0 aliphatic carbocycles. The summed E-state index contributed by atoms with van der Waals surface area (Å²) in [5, 5.41) is 8.64. The lowest BCUT2D eigenvalue weighted by atomic mass is 10.2. The van der Waals surface area contributed by atoms with Crippen LogP contribution in [0.15, 0.2) is 36.1 Å². The quantitative estimate of drug-likeness (QED) is 0.620. The molecule has 0 aromatic heterocycles. The predicted molar refractivity (Wildman–Crippen MR) is 56.3 cm³/mol. The first-order valence-corrected chi connectivity index (χ1v) is 3.78. The number of ether oxygens (including phenoxy) is 1. The topological polar surface area (TPSA) is 46.5 Å². The lowest BCUT2D eigenvalue weighted by Crippen LogP contribution is -2.01. The lowest BCUT2D eigenvalue weighted by molar-refractivity contribution is -0.135. The second kappa shape index (κ2) is 6.05. The minimum Gasteiger partial charge on any atom is -0.490 e. The van der Waals surface area contributed by atoms with Gasteiger partial charge in [-0.1, -0.05) is 30.3 Å². The number of hydrogen-bond donors (Lipinski definition) is 1. The minimum atomic E-state index is -1.06. The fourth-order valence-electron chi connectivity index (χ4n) is 0.909. The van der Waals surface area contributed by atoms with Gasteiger partial charge in [0.15, 0.2) is 0 Å². The highest BCUT2D eigenvalue weighted by Crippen LogP contribution is 2.06. The van der Waals surface area contributed by atoms with Crippen LogP contribution in [0, 0.1) is 0 Å². The fraction of sp³-hybridized carbons (Fsp3) is 0.100. The molecule has 0 aliphatic rings. The van der Waals surface area contributed by atoms with Crippen molar-refractivity contribution in [3.8, 4) is 0 Å².